The number of ketones is 2. The first kappa shape index (κ1) is 13.2. The van der Waals surface area contributed by atoms with Crippen LogP contribution in [0.1, 0.15) is 32.7 Å². The van der Waals surface area contributed by atoms with Crippen LogP contribution in [0, 0.1) is 6.92 Å². The minimum Gasteiger partial charge on any atom is -0.294 e. The molecule has 0 aliphatic rings. The Kier molecular flexibility index (Phi) is 3.31. The van der Waals surface area contributed by atoms with Gasteiger partial charge in [-0.15, -0.1) is 0 Å². The molecule has 1 aromatic carbocycles. The van der Waals surface area contributed by atoms with Gasteiger partial charge >= 0.3 is 0 Å². The summed E-state index contributed by atoms with van der Waals surface area (Å²) in [6.45, 7) is 1.86. The third-order valence-electron chi connectivity index (χ3n) is 3.39. The number of rotatable bonds is 4. The molecule has 5 nitrogen and oxygen atoms in total. The lowest BCUT2D eigenvalue weighted by Gasteiger charge is -2.03. The molecule has 0 spiro atoms. The maximum atomic E-state index is 12.3. The molecule has 0 aliphatic carbocycles. The molecule has 0 saturated carbocycles. The first-order valence-electron chi connectivity index (χ1n) is 6.56. The van der Waals surface area contributed by atoms with Crippen LogP contribution in [0.5, 0.6) is 0 Å². The second kappa shape index (κ2) is 5.28. The fraction of sp³-hybridized carbons (Fsp3) is 0.125. The summed E-state index contributed by atoms with van der Waals surface area (Å²) in [6, 6.07) is 7.26. The van der Waals surface area contributed by atoms with Crippen molar-refractivity contribution in [2.24, 2.45) is 0 Å². The number of fused-ring (bicyclic) bond motifs is 1. The van der Waals surface area contributed by atoms with Crippen molar-refractivity contribution in [2.45, 2.75) is 13.3 Å². The highest BCUT2D eigenvalue weighted by Gasteiger charge is 2.18. The van der Waals surface area contributed by atoms with E-state index in [0.717, 1.165) is 5.56 Å². The van der Waals surface area contributed by atoms with Gasteiger partial charge in [0.25, 0.3) is 0 Å². The number of Topliss-reactive ketones (excluding diaryl/α,β-unsaturated/α-hetero) is 2. The van der Waals surface area contributed by atoms with Crippen LogP contribution in [0.25, 0.3) is 5.52 Å². The zero-order valence-corrected chi connectivity index (χ0v) is 11.5. The number of nitrogens with zero attached hydrogens (tertiary/aromatic N) is 3. The molecule has 0 aliphatic heterocycles. The van der Waals surface area contributed by atoms with Gasteiger partial charge in [-0.25, -0.2) is 4.52 Å². The molecule has 2 heterocycles. The van der Waals surface area contributed by atoms with E-state index in [1.807, 2.05) is 19.1 Å². The quantitative estimate of drug-likeness (QED) is 0.543. The van der Waals surface area contributed by atoms with Crippen LogP contribution in [0.15, 0.2) is 49.1 Å². The Morgan fingerprint density at radius 3 is 2.67 bits per heavy atom. The molecular weight excluding hydrogens is 266 g/mol. The standard InChI is InChI=1S/C16H13N3O2/c1-11-4-2-3-5-12(11)15(20)8-16(21)13-9-18-19-7-6-17-10-14(13)19/h2-7,9-10H,8H2,1H3. The van der Waals surface area contributed by atoms with E-state index >= 15 is 0 Å². The predicted octanol–water partition coefficient (Wildman–Crippen LogP) is 2.49. The van der Waals surface area contributed by atoms with Gasteiger partial charge in [0.1, 0.15) is 0 Å². The topological polar surface area (TPSA) is 64.3 Å². The molecule has 21 heavy (non-hydrogen) atoms. The van der Waals surface area contributed by atoms with Crippen LogP contribution >= 0.6 is 0 Å². The molecule has 3 aromatic rings. The molecule has 0 radical (unpaired) electrons. The van der Waals surface area contributed by atoms with Gasteiger partial charge in [0, 0.05) is 18.0 Å². The maximum Gasteiger partial charge on any atom is 0.174 e. The van der Waals surface area contributed by atoms with E-state index in [0.29, 0.717) is 16.6 Å². The SMILES string of the molecule is Cc1ccccc1C(=O)CC(=O)c1cnn2ccncc12. The summed E-state index contributed by atoms with van der Waals surface area (Å²) in [5.41, 5.74) is 2.49. The van der Waals surface area contributed by atoms with E-state index < -0.39 is 0 Å². The lowest BCUT2D eigenvalue weighted by atomic mass is 9.99. The number of carbonyl (C=O) groups excluding carboxylic acids is 2. The van der Waals surface area contributed by atoms with Gasteiger partial charge in [0.15, 0.2) is 11.6 Å². The van der Waals surface area contributed by atoms with Crippen LogP contribution in [0.2, 0.25) is 0 Å². The number of aromatic nitrogens is 3. The summed E-state index contributed by atoms with van der Waals surface area (Å²) in [5, 5.41) is 4.08. The van der Waals surface area contributed by atoms with Crippen molar-refractivity contribution in [2.75, 3.05) is 0 Å². The van der Waals surface area contributed by atoms with Gasteiger partial charge in [-0.05, 0) is 12.5 Å². The summed E-state index contributed by atoms with van der Waals surface area (Å²) in [5.74, 6) is -0.424. The van der Waals surface area contributed by atoms with Gasteiger partial charge < -0.3 is 0 Å². The molecule has 0 amide bonds. The molecule has 0 saturated heterocycles. The van der Waals surface area contributed by atoms with Gasteiger partial charge in [0.2, 0.25) is 0 Å². The van der Waals surface area contributed by atoms with Crippen molar-refractivity contribution >= 4 is 17.1 Å². The third kappa shape index (κ3) is 2.45. The Morgan fingerprint density at radius 2 is 1.86 bits per heavy atom. The van der Waals surface area contributed by atoms with E-state index in [4.69, 9.17) is 0 Å². The van der Waals surface area contributed by atoms with Crippen molar-refractivity contribution < 1.29 is 9.59 Å². The van der Waals surface area contributed by atoms with Crippen LogP contribution in [-0.2, 0) is 0 Å². The van der Waals surface area contributed by atoms with E-state index in [9.17, 15) is 9.59 Å². The lowest BCUT2D eigenvalue weighted by Crippen LogP contribution is -2.09. The van der Waals surface area contributed by atoms with Crippen LogP contribution in [0.3, 0.4) is 0 Å². The van der Waals surface area contributed by atoms with Crippen LogP contribution in [0.4, 0.5) is 0 Å². The monoisotopic (exact) mass is 279 g/mol. The molecule has 0 unspecified atom stereocenters. The van der Waals surface area contributed by atoms with Crippen molar-refractivity contribution in [1.29, 1.82) is 0 Å². The normalized spacial score (nSPS) is 10.7. The predicted molar refractivity (Wildman–Crippen MR) is 77.4 cm³/mol. The number of benzene rings is 1. The molecule has 0 N–H and O–H groups in total. The van der Waals surface area contributed by atoms with E-state index in [-0.39, 0.29) is 18.0 Å². The maximum absolute atomic E-state index is 12.3. The molecule has 3 rings (SSSR count). The summed E-state index contributed by atoms with van der Waals surface area (Å²) in [6.07, 6.45) is 6.13. The molecule has 0 fully saturated rings. The fourth-order valence-electron chi connectivity index (χ4n) is 2.27. The van der Waals surface area contributed by atoms with E-state index in [1.165, 1.54) is 6.20 Å². The van der Waals surface area contributed by atoms with Crippen molar-refractivity contribution in [1.82, 2.24) is 14.6 Å². The molecule has 104 valence electrons. The van der Waals surface area contributed by atoms with Crippen molar-refractivity contribution in [3.8, 4) is 0 Å². The zero-order chi connectivity index (χ0) is 14.8. The second-order valence-electron chi connectivity index (χ2n) is 4.80. The summed E-state index contributed by atoms with van der Waals surface area (Å²) in [7, 11) is 0. The average Bonchev–Trinajstić information content (AvgIpc) is 2.91. The van der Waals surface area contributed by atoms with Gasteiger partial charge in [-0.2, -0.15) is 5.10 Å². The van der Waals surface area contributed by atoms with E-state index in [1.54, 1.807) is 35.2 Å². The Bertz CT molecular complexity index is 836. The van der Waals surface area contributed by atoms with Crippen molar-refractivity contribution in [3.05, 3.63) is 65.7 Å². The fourth-order valence-corrected chi connectivity index (χ4v) is 2.27. The minimum absolute atomic E-state index is 0.166. The zero-order valence-electron chi connectivity index (χ0n) is 11.5. The lowest BCUT2D eigenvalue weighted by molar-refractivity contribution is 0.0895. The minimum atomic E-state index is -0.244. The summed E-state index contributed by atoms with van der Waals surface area (Å²) in [4.78, 5) is 28.5. The molecular formula is C16H13N3O2. The highest BCUT2D eigenvalue weighted by molar-refractivity contribution is 6.16. The Labute approximate surface area is 121 Å². The molecule has 2 aromatic heterocycles. The summed E-state index contributed by atoms with van der Waals surface area (Å²) < 4.78 is 1.57. The van der Waals surface area contributed by atoms with Gasteiger partial charge in [0.05, 0.1) is 29.9 Å². The first-order valence-corrected chi connectivity index (χ1v) is 6.56. The van der Waals surface area contributed by atoms with Crippen molar-refractivity contribution in [3.63, 3.8) is 0 Å². The molecule has 5 heteroatoms. The van der Waals surface area contributed by atoms with Gasteiger partial charge in [-0.3, -0.25) is 14.6 Å². The molecule has 0 bridgehead atoms. The largest absolute Gasteiger partial charge is 0.294 e. The van der Waals surface area contributed by atoms with E-state index in [2.05, 4.69) is 10.1 Å². The smallest absolute Gasteiger partial charge is 0.174 e. The number of aryl methyl sites for hydroxylation is 1. The number of carbonyl (C=O) groups is 2. The Balaban J connectivity index is 1.87. The Morgan fingerprint density at radius 1 is 1.10 bits per heavy atom. The van der Waals surface area contributed by atoms with Gasteiger partial charge in [-0.1, -0.05) is 24.3 Å². The van der Waals surface area contributed by atoms with Crippen LogP contribution in [-0.4, -0.2) is 26.2 Å². The number of hydrogen-bond acceptors (Lipinski definition) is 4. The first-order chi connectivity index (χ1) is 10.2. The second-order valence-corrected chi connectivity index (χ2v) is 4.80. The third-order valence-corrected chi connectivity index (χ3v) is 3.39. The Hall–Kier alpha value is -2.82. The average molecular weight is 279 g/mol. The summed E-state index contributed by atoms with van der Waals surface area (Å²) >= 11 is 0. The number of hydrogen-bond donors (Lipinski definition) is 0. The van der Waals surface area contributed by atoms with Crippen LogP contribution < -0.4 is 0 Å². The highest BCUT2D eigenvalue weighted by Crippen LogP contribution is 2.15. The highest BCUT2D eigenvalue weighted by atomic mass is 16.1. The molecule has 0 atom stereocenters.